The molecular weight excluding hydrogens is 299 g/mol. The summed E-state index contributed by atoms with van der Waals surface area (Å²) in [6.45, 7) is 3.74. The van der Waals surface area contributed by atoms with Crippen LogP contribution < -0.4 is 4.72 Å². The zero-order valence-corrected chi connectivity index (χ0v) is 12.3. The molecule has 110 valence electrons. The van der Waals surface area contributed by atoms with Crippen molar-refractivity contribution >= 4 is 21.4 Å². The predicted octanol–water partition coefficient (Wildman–Crippen LogP) is 2.90. The van der Waals surface area contributed by atoms with Crippen molar-refractivity contribution in [2.24, 2.45) is 0 Å². The highest BCUT2D eigenvalue weighted by Gasteiger charge is 2.31. The molecule has 0 spiro atoms. The van der Waals surface area contributed by atoms with Crippen molar-refractivity contribution in [3.8, 4) is 0 Å². The highest BCUT2D eigenvalue weighted by molar-refractivity contribution is 7.89. The Hall–Kier alpha value is -0.600. The summed E-state index contributed by atoms with van der Waals surface area (Å²) in [5.74, 6) is -0.934. The van der Waals surface area contributed by atoms with Crippen molar-refractivity contribution in [1.29, 1.82) is 0 Å². The third-order valence-corrected chi connectivity index (χ3v) is 4.70. The van der Waals surface area contributed by atoms with Crippen LogP contribution in [0.2, 0.25) is 0 Å². The first kappa shape index (κ1) is 16.5. The first-order valence-corrected chi connectivity index (χ1v) is 8.18. The van der Waals surface area contributed by atoms with Gasteiger partial charge in [-0.05, 0) is 22.4 Å². The van der Waals surface area contributed by atoms with Gasteiger partial charge in [0.25, 0.3) is 0 Å². The highest BCUT2D eigenvalue weighted by atomic mass is 32.2. The van der Waals surface area contributed by atoms with Gasteiger partial charge in [-0.2, -0.15) is 24.5 Å². The second-order valence-electron chi connectivity index (χ2n) is 4.90. The van der Waals surface area contributed by atoms with Gasteiger partial charge in [-0.1, -0.05) is 13.8 Å². The number of nitrogens with one attached hydrogen (secondary N) is 1. The number of rotatable bonds is 6. The van der Waals surface area contributed by atoms with Crippen LogP contribution in [-0.4, -0.2) is 26.9 Å². The monoisotopic (exact) mass is 315 g/mol. The maximum absolute atomic E-state index is 12.0. The van der Waals surface area contributed by atoms with Crippen LogP contribution in [0.4, 0.5) is 13.2 Å². The Balaban J connectivity index is 2.56. The fourth-order valence-corrected chi connectivity index (χ4v) is 3.44. The first-order valence-electron chi connectivity index (χ1n) is 5.59. The quantitative estimate of drug-likeness (QED) is 0.877. The first-order chi connectivity index (χ1) is 8.52. The predicted molar refractivity (Wildman–Crippen MR) is 69.8 cm³/mol. The van der Waals surface area contributed by atoms with Crippen LogP contribution in [0.15, 0.2) is 16.8 Å². The molecule has 1 heterocycles. The highest BCUT2D eigenvalue weighted by Crippen LogP contribution is 2.25. The molecule has 0 amide bonds. The molecule has 0 aromatic carbocycles. The van der Waals surface area contributed by atoms with Gasteiger partial charge in [-0.25, -0.2) is 13.1 Å². The van der Waals surface area contributed by atoms with E-state index in [1.165, 1.54) is 11.3 Å². The van der Waals surface area contributed by atoms with Gasteiger partial charge in [-0.15, -0.1) is 0 Å². The van der Waals surface area contributed by atoms with E-state index in [4.69, 9.17) is 0 Å². The van der Waals surface area contributed by atoms with E-state index in [0.717, 1.165) is 5.56 Å². The molecule has 0 radical (unpaired) electrons. The van der Waals surface area contributed by atoms with Crippen molar-refractivity contribution in [1.82, 2.24) is 4.72 Å². The van der Waals surface area contributed by atoms with E-state index >= 15 is 0 Å². The number of halogens is 3. The minimum Gasteiger partial charge on any atom is -0.214 e. The number of hydrogen-bond donors (Lipinski definition) is 1. The molecule has 0 aliphatic rings. The number of sulfonamides is 1. The summed E-state index contributed by atoms with van der Waals surface area (Å²) >= 11 is 1.49. The lowest BCUT2D eigenvalue weighted by Gasteiger charge is -2.24. The number of thiophene rings is 1. The molecule has 0 saturated carbocycles. The van der Waals surface area contributed by atoms with Gasteiger partial charge in [0.05, 0.1) is 12.2 Å². The molecule has 0 atom stereocenters. The minimum atomic E-state index is -4.46. The Morgan fingerprint density at radius 2 is 1.95 bits per heavy atom. The minimum absolute atomic E-state index is 0.0733. The molecule has 0 fully saturated rings. The van der Waals surface area contributed by atoms with E-state index in [1.54, 1.807) is 0 Å². The topological polar surface area (TPSA) is 46.2 Å². The third kappa shape index (κ3) is 5.92. The van der Waals surface area contributed by atoms with Crippen molar-refractivity contribution < 1.29 is 21.6 Å². The van der Waals surface area contributed by atoms with E-state index in [1.807, 2.05) is 30.7 Å². The third-order valence-electron chi connectivity index (χ3n) is 2.69. The van der Waals surface area contributed by atoms with E-state index < -0.39 is 33.8 Å². The maximum Gasteiger partial charge on any atom is 0.390 e. The standard InChI is InChI=1S/C11H16F3NO2S2/c1-10(2,9-3-5-18-7-9)8-15-19(16,17)6-4-11(12,13)14/h3,5,7,15H,4,6,8H2,1-2H3. The molecule has 0 saturated heterocycles. The largest absolute Gasteiger partial charge is 0.390 e. The number of hydrogen-bond acceptors (Lipinski definition) is 3. The van der Waals surface area contributed by atoms with E-state index in [9.17, 15) is 21.6 Å². The van der Waals surface area contributed by atoms with E-state index in [-0.39, 0.29) is 6.54 Å². The lowest BCUT2D eigenvalue weighted by Crippen LogP contribution is -2.38. The van der Waals surface area contributed by atoms with Gasteiger partial charge in [0, 0.05) is 12.0 Å². The lowest BCUT2D eigenvalue weighted by molar-refractivity contribution is -0.129. The molecule has 0 aliphatic heterocycles. The van der Waals surface area contributed by atoms with Gasteiger partial charge in [-0.3, -0.25) is 0 Å². The molecule has 0 unspecified atom stereocenters. The van der Waals surface area contributed by atoms with Crippen LogP contribution in [-0.2, 0) is 15.4 Å². The Labute approximate surface area is 114 Å². The Bertz CT molecular complexity index is 493. The zero-order chi connectivity index (χ0) is 14.7. The average Bonchev–Trinajstić information content (AvgIpc) is 2.77. The number of alkyl halides is 3. The van der Waals surface area contributed by atoms with Crippen molar-refractivity contribution in [2.45, 2.75) is 31.9 Å². The Morgan fingerprint density at radius 1 is 1.32 bits per heavy atom. The van der Waals surface area contributed by atoms with Crippen molar-refractivity contribution in [2.75, 3.05) is 12.3 Å². The van der Waals surface area contributed by atoms with Crippen LogP contribution in [0.3, 0.4) is 0 Å². The molecule has 1 aromatic rings. The molecule has 19 heavy (non-hydrogen) atoms. The van der Waals surface area contributed by atoms with E-state index in [2.05, 4.69) is 4.72 Å². The van der Waals surface area contributed by atoms with Crippen molar-refractivity contribution in [3.63, 3.8) is 0 Å². The van der Waals surface area contributed by atoms with Gasteiger partial charge in [0.15, 0.2) is 0 Å². The molecule has 1 N–H and O–H groups in total. The second-order valence-corrected chi connectivity index (χ2v) is 7.61. The lowest BCUT2D eigenvalue weighted by atomic mass is 9.87. The van der Waals surface area contributed by atoms with Gasteiger partial charge < -0.3 is 0 Å². The van der Waals surface area contributed by atoms with Crippen LogP contribution in [0.1, 0.15) is 25.8 Å². The molecular formula is C11H16F3NO2S2. The summed E-state index contributed by atoms with van der Waals surface area (Å²) in [5.41, 5.74) is 0.502. The summed E-state index contributed by atoms with van der Waals surface area (Å²) in [6, 6.07) is 1.87. The second kappa shape index (κ2) is 5.80. The van der Waals surface area contributed by atoms with E-state index in [0.29, 0.717) is 0 Å². The van der Waals surface area contributed by atoms with Crippen LogP contribution in [0, 0.1) is 0 Å². The molecule has 1 aromatic heterocycles. The van der Waals surface area contributed by atoms with Gasteiger partial charge >= 0.3 is 6.18 Å². The fourth-order valence-electron chi connectivity index (χ4n) is 1.36. The fraction of sp³-hybridized carbons (Fsp3) is 0.636. The van der Waals surface area contributed by atoms with Crippen LogP contribution in [0.25, 0.3) is 0 Å². The average molecular weight is 315 g/mol. The van der Waals surface area contributed by atoms with Gasteiger partial charge in [0.1, 0.15) is 0 Å². The Kier molecular flexibility index (Phi) is 5.02. The molecule has 3 nitrogen and oxygen atoms in total. The van der Waals surface area contributed by atoms with Crippen molar-refractivity contribution in [3.05, 3.63) is 22.4 Å². The SMILES string of the molecule is CC(C)(CNS(=O)(=O)CCC(F)(F)F)c1ccsc1. The summed E-state index contributed by atoms with van der Waals surface area (Å²) in [7, 11) is -3.91. The normalized spacial score (nSPS) is 13.7. The molecule has 0 bridgehead atoms. The van der Waals surface area contributed by atoms with Crippen LogP contribution in [0.5, 0.6) is 0 Å². The van der Waals surface area contributed by atoms with Crippen LogP contribution >= 0.6 is 11.3 Å². The summed E-state index contributed by atoms with van der Waals surface area (Å²) in [6.07, 6.45) is -5.79. The summed E-state index contributed by atoms with van der Waals surface area (Å²) in [5, 5.41) is 3.76. The Morgan fingerprint density at radius 3 is 2.42 bits per heavy atom. The van der Waals surface area contributed by atoms with Gasteiger partial charge in [0.2, 0.25) is 10.0 Å². The maximum atomic E-state index is 12.0. The molecule has 8 heteroatoms. The summed E-state index contributed by atoms with van der Waals surface area (Å²) in [4.78, 5) is 0. The molecule has 1 rings (SSSR count). The molecule has 0 aliphatic carbocycles. The zero-order valence-electron chi connectivity index (χ0n) is 10.6. The summed E-state index contributed by atoms with van der Waals surface area (Å²) < 4.78 is 61.2. The smallest absolute Gasteiger partial charge is 0.214 e.